The Hall–Kier alpha value is -3.45. The molecular weight excluding hydrogens is 558 g/mol. The Morgan fingerprint density at radius 2 is 1.66 bits per heavy atom. The number of fused-ring (bicyclic) bond motifs is 1. The predicted octanol–water partition coefficient (Wildman–Crippen LogP) is 2.91. The van der Waals surface area contributed by atoms with Crippen LogP contribution in [0, 0.1) is 0 Å². The second-order valence-electron chi connectivity index (χ2n) is 11.6. The van der Waals surface area contributed by atoms with Gasteiger partial charge in [0.05, 0.1) is 19.5 Å². The second kappa shape index (κ2) is 14.6. The van der Waals surface area contributed by atoms with Gasteiger partial charge in [0.15, 0.2) is 23.2 Å². The lowest BCUT2D eigenvalue weighted by molar-refractivity contribution is -0.0580. The van der Waals surface area contributed by atoms with Crippen LogP contribution in [0.2, 0.25) is 0 Å². The molecule has 0 radical (unpaired) electrons. The number of hydrogen-bond donors (Lipinski definition) is 4. The minimum atomic E-state index is -1.16. The summed E-state index contributed by atoms with van der Waals surface area (Å²) in [5, 5.41) is 28.6. The highest BCUT2D eigenvalue weighted by Crippen LogP contribution is 2.33. The number of ether oxygens (including phenoxy) is 2. The van der Waals surface area contributed by atoms with Gasteiger partial charge in [-0.25, -0.2) is 15.0 Å². The van der Waals surface area contributed by atoms with E-state index in [0.717, 1.165) is 26.2 Å². The number of aliphatic hydroxyl groups is 2. The average molecular weight is 602 g/mol. The standard InChI is InChI=1S/C33H43N7O4/c1-43-21-26-29(41)30(42)33(44-26)40-22-36-28-31(35-19-25(23-11-5-2-6-12-23)24-13-7-3-8-14-24)37-27(38-32(28)40)20-34-15-18-39-16-9-4-10-17-39/h2-3,5-8,11-14,22,25-26,29-30,33-34,41-42H,4,9-10,15-21H2,1H3,(H,35,37,38). The Balaban J connectivity index is 1.27. The van der Waals surface area contributed by atoms with Crippen LogP contribution in [0.5, 0.6) is 0 Å². The third kappa shape index (κ3) is 6.93. The van der Waals surface area contributed by atoms with Crippen LogP contribution < -0.4 is 10.6 Å². The topological polar surface area (TPSA) is 130 Å². The zero-order chi connectivity index (χ0) is 30.3. The number of methoxy groups -OCH3 is 1. The maximum atomic E-state index is 10.9. The van der Waals surface area contributed by atoms with Crippen LogP contribution in [0.15, 0.2) is 67.0 Å². The van der Waals surface area contributed by atoms with E-state index < -0.39 is 24.5 Å². The van der Waals surface area contributed by atoms with Crippen molar-refractivity contribution in [2.45, 2.75) is 56.3 Å². The van der Waals surface area contributed by atoms with E-state index >= 15 is 0 Å². The van der Waals surface area contributed by atoms with E-state index in [2.05, 4.69) is 69.0 Å². The van der Waals surface area contributed by atoms with Crippen molar-refractivity contribution in [3.8, 4) is 0 Å². The zero-order valence-electron chi connectivity index (χ0n) is 25.3. The summed E-state index contributed by atoms with van der Waals surface area (Å²) in [6.45, 7) is 5.36. The monoisotopic (exact) mass is 601 g/mol. The van der Waals surface area contributed by atoms with Gasteiger partial charge in [-0.05, 0) is 37.1 Å². The summed E-state index contributed by atoms with van der Waals surface area (Å²) in [5.74, 6) is 1.30. The van der Waals surface area contributed by atoms with Gasteiger partial charge in [-0.2, -0.15) is 0 Å². The molecule has 6 rings (SSSR count). The van der Waals surface area contributed by atoms with Crippen LogP contribution in [0.3, 0.4) is 0 Å². The minimum Gasteiger partial charge on any atom is -0.387 e. The molecule has 2 aliphatic heterocycles. The number of aromatic nitrogens is 4. The van der Waals surface area contributed by atoms with Gasteiger partial charge in [0.1, 0.15) is 24.1 Å². The van der Waals surface area contributed by atoms with Gasteiger partial charge >= 0.3 is 0 Å². The van der Waals surface area contributed by atoms with E-state index in [4.69, 9.17) is 19.4 Å². The number of nitrogens with one attached hydrogen (secondary N) is 2. The fourth-order valence-corrected chi connectivity index (χ4v) is 6.23. The average Bonchev–Trinajstić information content (AvgIpc) is 3.61. The van der Waals surface area contributed by atoms with Crippen LogP contribution in [0.4, 0.5) is 5.82 Å². The van der Waals surface area contributed by atoms with Crippen LogP contribution in [0.25, 0.3) is 11.2 Å². The number of nitrogens with zero attached hydrogens (tertiary/aromatic N) is 5. The number of rotatable bonds is 13. The number of likely N-dealkylation sites (tertiary alicyclic amines) is 1. The number of imidazole rings is 1. The van der Waals surface area contributed by atoms with Gasteiger partial charge < -0.3 is 35.2 Å². The largest absolute Gasteiger partial charge is 0.387 e. The van der Waals surface area contributed by atoms with Crippen molar-refractivity contribution < 1.29 is 19.7 Å². The molecule has 2 fully saturated rings. The fourth-order valence-electron chi connectivity index (χ4n) is 6.23. The first-order valence-electron chi connectivity index (χ1n) is 15.6. The van der Waals surface area contributed by atoms with Crippen molar-refractivity contribution in [3.63, 3.8) is 0 Å². The maximum absolute atomic E-state index is 10.9. The smallest absolute Gasteiger partial charge is 0.168 e. The van der Waals surface area contributed by atoms with Crippen LogP contribution in [-0.2, 0) is 16.0 Å². The molecule has 4 heterocycles. The number of piperidine rings is 1. The summed E-state index contributed by atoms with van der Waals surface area (Å²) in [6.07, 6.45) is 1.67. The van der Waals surface area contributed by atoms with Crippen molar-refractivity contribution >= 4 is 17.0 Å². The molecule has 44 heavy (non-hydrogen) atoms. The Morgan fingerprint density at radius 3 is 2.34 bits per heavy atom. The molecule has 2 aromatic carbocycles. The fraction of sp³-hybridized carbons (Fsp3) is 0.485. The first-order valence-corrected chi connectivity index (χ1v) is 15.6. The molecule has 0 amide bonds. The molecule has 234 valence electrons. The molecule has 0 aliphatic carbocycles. The number of anilines is 1. The Morgan fingerprint density at radius 1 is 0.955 bits per heavy atom. The summed E-state index contributed by atoms with van der Waals surface area (Å²) in [5.41, 5.74) is 3.49. The summed E-state index contributed by atoms with van der Waals surface area (Å²) < 4.78 is 12.9. The van der Waals surface area contributed by atoms with Gasteiger partial charge in [-0.15, -0.1) is 0 Å². The molecule has 0 saturated carbocycles. The van der Waals surface area contributed by atoms with Crippen molar-refractivity contribution in [2.24, 2.45) is 0 Å². The molecule has 0 bridgehead atoms. The highest BCUT2D eigenvalue weighted by atomic mass is 16.6. The van der Waals surface area contributed by atoms with Crippen LogP contribution in [0.1, 0.15) is 48.4 Å². The van der Waals surface area contributed by atoms with E-state index in [1.807, 2.05) is 12.1 Å². The molecule has 2 aliphatic rings. The second-order valence-corrected chi connectivity index (χ2v) is 11.6. The van der Waals surface area contributed by atoms with Crippen LogP contribution in [-0.4, -0.2) is 99.4 Å². The number of benzene rings is 2. The third-order valence-corrected chi connectivity index (χ3v) is 8.62. The molecule has 4 unspecified atom stereocenters. The van der Waals surface area contributed by atoms with E-state index in [1.54, 1.807) is 10.9 Å². The van der Waals surface area contributed by atoms with E-state index in [1.165, 1.54) is 37.5 Å². The van der Waals surface area contributed by atoms with Gasteiger partial charge in [-0.3, -0.25) is 4.57 Å². The van der Waals surface area contributed by atoms with Gasteiger partial charge in [-0.1, -0.05) is 67.1 Å². The number of aliphatic hydroxyl groups excluding tert-OH is 2. The van der Waals surface area contributed by atoms with Crippen molar-refractivity contribution in [3.05, 3.63) is 83.9 Å². The molecular formula is C33H43N7O4. The minimum absolute atomic E-state index is 0.0838. The van der Waals surface area contributed by atoms with Crippen molar-refractivity contribution in [2.75, 3.05) is 51.8 Å². The first kappa shape index (κ1) is 30.6. The maximum Gasteiger partial charge on any atom is 0.168 e. The summed E-state index contributed by atoms with van der Waals surface area (Å²) in [6, 6.07) is 20.8. The van der Waals surface area contributed by atoms with E-state index in [0.29, 0.717) is 35.9 Å². The normalized spacial score (nSPS) is 22.6. The van der Waals surface area contributed by atoms with Gasteiger partial charge in [0, 0.05) is 32.7 Å². The van der Waals surface area contributed by atoms with Gasteiger partial charge in [0.2, 0.25) is 0 Å². The lowest BCUT2D eigenvalue weighted by atomic mass is 9.91. The highest BCUT2D eigenvalue weighted by molar-refractivity contribution is 5.83. The summed E-state index contributed by atoms with van der Waals surface area (Å²) in [4.78, 5) is 16.9. The first-order chi connectivity index (χ1) is 21.6. The van der Waals surface area contributed by atoms with E-state index in [9.17, 15) is 10.2 Å². The van der Waals surface area contributed by atoms with Crippen molar-refractivity contribution in [1.29, 1.82) is 0 Å². The molecule has 4 atom stereocenters. The highest BCUT2D eigenvalue weighted by Gasteiger charge is 2.44. The van der Waals surface area contributed by atoms with Crippen LogP contribution >= 0.6 is 0 Å². The Bertz CT molecular complexity index is 1430. The molecule has 4 aromatic rings. The summed E-state index contributed by atoms with van der Waals surface area (Å²) >= 11 is 0. The zero-order valence-corrected chi connectivity index (χ0v) is 25.3. The molecule has 2 saturated heterocycles. The molecule has 2 aromatic heterocycles. The summed E-state index contributed by atoms with van der Waals surface area (Å²) in [7, 11) is 1.54. The molecule has 4 N–H and O–H groups in total. The lowest BCUT2D eigenvalue weighted by Gasteiger charge is -2.26. The Labute approximate surface area is 258 Å². The Kier molecular flexibility index (Phi) is 10.1. The quantitative estimate of drug-likeness (QED) is 0.170. The predicted molar refractivity (Wildman–Crippen MR) is 168 cm³/mol. The van der Waals surface area contributed by atoms with Gasteiger partial charge in [0.25, 0.3) is 0 Å². The van der Waals surface area contributed by atoms with E-state index in [-0.39, 0.29) is 12.5 Å². The number of hydrogen-bond acceptors (Lipinski definition) is 10. The van der Waals surface area contributed by atoms with Crippen molar-refractivity contribution in [1.82, 2.24) is 29.7 Å². The lowest BCUT2D eigenvalue weighted by Crippen LogP contribution is -2.35. The SMILES string of the molecule is COCC1OC(n2cnc3c(NCC(c4ccccc4)c4ccccc4)nc(CNCCN4CCCCC4)nc32)C(O)C1O. The molecule has 11 heteroatoms. The third-order valence-electron chi connectivity index (χ3n) is 8.62. The molecule has 11 nitrogen and oxygen atoms in total. The molecule has 0 spiro atoms.